The van der Waals surface area contributed by atoms with E-state index in [0.29, 0.717) is 22.6 Å². The third-order valence-electron chi connectivity index (χ3n) is 6.29. The van der Waals surface area contributed by atoms with Gasteiger partial charge in [-0.2, -0.15) is 18.5 Å². The Morgan fingerprint density at radius 3 is 2.14 bits per heavy atom. The molecule has 9 heteroatoms. The van der Waals surface area contributed by atoms with E-state index < -0.39 is 15.7 Å². The molecule has 0 aliphatic carbocycles. The molecule has 0 radical (unpaired) electrons. The van der Waals surface area contributed by atoms with Crippen LogP contribution in [0.3, 0.4) is 0 Å². The Bertz CT molecular complexity index is 1570. The van der Waals surface area contributed by atoms with Crippen LogP contribution >= 0.6 is 0 Å². The molecule has 0 bridgehead atoms. The van der Waals surface area contributed by atoms with E-state index in [4.69, 9.17) is 4.18 Å². The number of hydrogen-bond donors (Lipinski definition) is 1. The monoisotopic (exact) mass is 508 g/mol. The molecule has 0 saturated heterocycles. The zero-order valence-corrected chi connectivity index (χ0v) is 22.5. The summed E-state index contributed by atoms with van der Waals surface area (Å²) >= 11 is 0. The van der Waals surface area contributed by atoms with Gasteiger partial charge in [0.1, 0.15) is 10.7 Å². The lowest BCUT2D eigenvalue weighted by Crippen LogP contribution is -2.24. The highest BCUT2D eigenvalue weighted by molar-refractivity contribution is 7.87. The van der Waals surface area contributed by atoms with Gasteiger partial charge in [0.25, 0.3) is 5.56 Å². The topological polar surface area (TPSA) is 107 Å². The molecule has 1 N–H and O–H groups in total. The van der Waals surface area contributed by atoms with E-state index in [-0.39, 0.29) is 28.5 Å². The summed E-state index contributed by atoms with van der Waals surface area (Å²) in [5.41, 5.74) is 3.38. The van der Waals surface area contributed by atoms with Gasteiger partial charge in [0.15, 0.2) is 0 Å². The molecule has 0 unspecified atom stereocenters. The van der Waals surface area contributed by atoms with Crippen molar-refractivity contribution in [3.63, 3.8) is 0 Å². The molecule has 36 heavy (non-hydrogen) atoms. The smallest absolute Gasteiger partial charge is 0.341 e. The molecule has 0 saturated carbocycles. The van der Waals surface area contributed by atoms with Crippen molar-refractivity contribution < 1.29 is 12.6 Å². The van der Waals surface area contributed by atoms with Gasteiger partial charge in [-0.05, 0) is 53.5 Å². The number of aromatic nitrogens is 4. The van der Waals surface area contributed by atoms with Crippen molar-refractivity contribution in [2.75, 3.05) is 0 Å². The number of nitrogens with zero attached hydrogens (tertiary/aromatic N) is 3. The molecule has 2 heterocycles. The molecule has 4 aromatic rings. The molecule has 0 spiro atoms. The first kappa shape index (κ1) is 25.6. The van der Waals surface area contributed by atoms with E-state index in [0.717, 1.165) is 22.5 Å². The molecular formula is C27H32N4O4S. The van der Waals surface area contributed by atoms with E-state index >= 15 is 0 Å². The maximum absolute atomic E-state index is 13.7. The zero-order chi connectivity index (χ0) is 26.4. The molecular weight excluding hydrogens is 476 g/mol. The molecule has 190 valence electrons. The Morgan fingerprint density at radius 1 is 0.944 bits per heavy atom. The minimum Gasteiger partial charge on any atom is -0.358 e. The van der Waals surface area contributed by atoms with Crippen LogP contribution in [-0.2, 0) is 10.1 Å². The quantitative estimate of drug-likeness (QED) is 0.328. The second kappa shape index (κ2) is 9.54. The van der Waals surface area contributed by atoms with E-state index in [1.54, 1.807) is 25.3 Å². The number of rotatable bonds is 7. The summed E-state index contributed by atoms with van der Waals surface area (Å²) in [5, 5.41) is 7.67. The normalized spacial score (nSPS) is 12.3. The first-order valence-corrected chi connectivity index (χ1v) is 13.5. The summed E-state index contributed by atoms with van der Waals surface area (Å²) in [6, 6.07) is 10.4. The first-order valence-electron chi connectivity index (χ1n) is 12.1. The van der Waals surface area contributed by atoms with Crippen LogP contribution in [0.25, 0.3) is 16.6 Å². The van der Waals surface area contributed by atoms with Crippen LogP contribution in [0.1, 0.15) is 81.8 Å². The second-order valence-corrected chi connectivity index (χ2v) is 11.4. The minimum atomic E-state index is -4.27. The summed E-state index contributed by atoms with van der Waals surface area (Å²) in [7, 11) is -4.27. The van der Waals surface area contributed by atoms with Crippen molar-refractivity contribution in [1.82, 2.24) is 19.7 Å². The molecule has 2 aromatic heterocycles. The Morgan fingerprint density at radius 2 is 1.58 bits per heavy atom. The largest absolute Gasteiger partial charge is 0.358 e. The SMILES string of the molecule is Cc1nc(OS(=O)(=O)c2c(C(C)C)cc(C(C)C)cc2C(C)C)cc(=O)n1-c1cccc2[nH]ncc12. The zero-order valence-electron chi connectivity index (χ0n) is 21.7. The first-order chi connectivity index (χ1) is 16.9. The highest BCUT2D eigenvalue weighted by Crippen LogP contribution is 2.36. The van der Waals surface area contributed by atoms with Gasteiger partial charge in [-0.15, -0.1) is 0 Å². The fourth-order valence-corrected chi connectivity index (χ4v) is 5.95. The number of H-pyrrole nitrogens is 1. The van der Waals surface area contributed by atoms with Crippen molar-refractivity contribution in [2.24, 2.45) is 0 Å². The number of aryl methyl sites for hydroxylation is 1. The van der Waals surface area contributed by atoms with Gasteiger partial charge in [-0.1, -0.05) is 59.7 Å². The molecule has 0 atom stereocenters. The van der Waals surface area contributed by atoms with Crippen LogP contribution in [0.2, 0.25) is 0 Å². The van der Waals surface area contributed by atoms with Crippen LogP contribution in [0.15, 0.2) is 52.3 Å². The lowest BCUT2D eigenvalue weighted by atomic mass is 9.89. The predicted octanol–water partition coefficient (Wildman–Crippen LogP) is 5.56. The van der Waals surface area contributed by atoms with Crippen LogP contribution in [0.4, 0.5) is 0 Å². The Hall–Kier alpha value is -3.46. The van der Waals surface area contributed by atoms with Gasteiger partial charge < -0.3 is 4.18 Å². The predicted molar refractivity (Wildman–Crippen MR) is 141 cm³/mol. The summed E-state index contributed by atoms with van der Waals surface area (Å²) in [5.74, 6) is 0.185. The van der Waals surface area contributed by atoms with Gasteiger partial charge in [0.2, 0.25) is 5.88 Å². The standard InChI is InChI=1S/C27H32N4O4S/c1-15(2)19-11-20(16(3)4)27(21(12-19)17(5)6)36(33,34)35-25-13-26(32)31(18(7)29-25)24-10-8-9-23-22(24)14-28-30-23/h8-17H,1-7H3,(H,28,30). The van der Waals surface area contributed by atoms with Crippen molar-refractivity contribution in [2.45, 2.75) is 71.1 Å². The average molecular weight is 509 g/mol. The number of hydrogen-bond acceptors (Lipinski definition) is 6. The van der Waals surface area contributed by atoms with E-state index in [9.17, 15) is 13.2 Å². The van der Waals surface area contributed by atoms with Crippen LogP contribution in [0, 0.1) is 6.92 Å². The Kier molecular flexibility index (Phi) is 6.79. The summed E-state index contributed by atoms with van der Waals surface area (Å²) in [6.45, 7) is 13.6. The van der Waals surface area contributed by atoms with Crippen molar-refractivity contribution in [3.8, 4) is 11.6 Å². The summed E-state index contributed by atoms with van der Waals surface area (Å²) in [4.78, 5) is 17.6. The van der Waals surface area contributed by atoms with Gasteiger partial charge >= 0.3 is 10.1 Å². The number of fused-ring (bicyclic) bond motifs is 1. The summed E-state index contributed by atoms with van der Waals surface area (Å²) in [6.07, 6.45) is 1.63. The molecule has 0 aliphatic rings. The summed E-state index contributed by atoms with van der Waals surface area (Å²) < 4.78 is 34.3. The van der Waals surface area contributed by atoms with Gasteiger partial charge in [0, 0.05) is 5.39 Å². The maximum Gasteiger partial charge on any atom is 0.341 e. The lowest BCUT2D eigenvalue weighted by molar-refractivity contribution is 0.469. The van der Waals surface area contributed by atoms with E-state index in [2.05, 4.69) is 29.0 Å². The highest BCUT2D eigenvalue weighted by atomic mass is 32.2. The molecule has 4 rings (SSSR count). The van der Waals surface area contributed by atoms with Crippen molar-refractivity contribution in [1.29, 1.82) is 0 Å². The van der Waals surface area contributed by atoms with E-state index in [1.165, 1.54) is 4.57 Å². The molecule has 2 aromatic carbocycles. The Balaban J connectivity index is 1.82. The fourth-order valence-electron chi connectivity index (χ4n) is 4.39. The third-order valence-corrected chi connectivity index (χ3v) is 7.65. The van der Waals surface area contributed by atoms with Crippen LogP contribution < -0.4 is 9.74 Å². The van der Waals surface area contributed by atoms with Crippen LogP contribution in [0.5, 0.6) is 5.88 Å². The lowest BCUT2D eigenvalue weighted by Gasteiger charge is -2.22. The minimum absolute atomic E-state index is 0.0484. The third kappa shape index (κ3) is 4.67. The fraction of sp³-hybridized carbons (Fsp3) is 0.370. The highest BCUT2D eigenvalue weighted by Gasteiger charge is 2.29. The van der Waals surface area contributed by atoms with Crippen molar-refractivity contribution in [3.05, 3.63) is 75.5 Å². The molecule has 0 aliphatic heterocycles. The van der Waals surface area contributed by atoms with Crippen molar-refractivity contribution >= 4 is 21.0 Å². The average Bonchev–Trinajstić information content (AvgIpc) is 3.27. The number of aromatic amines is 1. The van der Waals surface area contributed by atoms with Gasteiger partial charge in [-0.3, -0.25) is 14.5 Å². The van der Waals surface area contributed by atoms with Gasteiger partial charge in [-0.25, -0.2) is 0 Å². The number of benzene rings is 2. The molecule has 0 fully saturated rings. The molecule has 0 amide bonds. The molecule has 8 nitrogen and oxygen atoms in total. The Labute approximate surface area is 211 Å². The number of nitrogens with one attached hydrogen (secondary N) is 1. The second-order valence-electron chi connectivity index (χ2n) is 9.95. The van der Waals surface area contributed by atoms with Gasteiger partial charge in [0.05, 0.1) is 23.5 Å². The maximum atomic E-state index is 13.7. The van der Waals surface area contributed by atoms with Crippen LogP contribution in [-0.4, -0.2) is 28.2 Å². The van der Waals surface area contributed by atoms with E-state index in [1.807, 2.05) is 45.9 Å².